The molecule has 118 valence electrons. The predicted molar refractivity (Wildman–Crippen MR) is 85.2 cm³/mol. The maximum absolute atomic E-state index is 12.2. The highest BCUT2D eigenvalue weighted by Gasteiger charge is 2.17. The lowest BCUT2D eigenvalue weighted by atomic mass is 10.1. The monoisotopic (exact) mass is 301 g/mol. The third kappa shape index (κ3) is 3.95. The fraction of sp³-hybridized carbons (Fsp3) is 0.412. The van der Waals surface area contributed by atoms with Gasteiger partial charge in [0.2, 0.25) is 5.91 Å². The first-order valence-corrected chi connectivity index (χ1v) is 7.69. The van der Waals surface area contributed by atoms with Gasteiger partial charge in [0.1, 0.15) is 5.76 Å². The van der Waals surface area contributed by atoms with Crippen molar-refractivity contribution in [2.24, 2.45) is 5.73 Å². The number of nitrogens with one attached hydrogen (secondary N) is 1. The van der Waals surface area contributed by atoms with E-state index in [9.17, 15) is 4.79 Å². The summed E-state index contributed by atoms with van der Waals surface area (Å²) in [5.74, 6) is 0.669. The number of aryl methyl sites for hydroxylation is 2. The van der Waals surface area contributed by atoms with Crippen molar-refractivity contribution in [2.45, 2.75) is 45.7 Å². The summed E-state index contributed by atoms with van der Waals surface area (Å²) in [5, 5.41) is 6.93. The molecular formula is C17H23N3O2. The van der Waals surface area contributed by atoms with Crippen molar-refractivity contribution < 1.29 is 9.32 Å². The fourth-order valence-corrected chi connectivity index (χ4v) is 2.41. The zero-order valence-electron chi connectivity index (χ0n) is 13.1. The van der Waals surface area contributed by atoms with Crippen LogP contribution < -0.4 is 11.1 Å². The summed E-state index contributed by atoms with van der Waals surface area (Å²) in [4.78, 5) is 12.2. The Kier molecular flexibility index (Phi) is 5.72. The smallest absolute Gasteiger partial charge is 0.237 e. The molecule has 3 N–H and O–H groups in total. The van der Waals surface area contributed by atoms with Crippen LogP contribution in [0.1, 0.15) is 36.4 Å². The molecule has 1 aromatic carbocycles. The average molecular weight is 301 g/mol. The second-order valence-corrected chi connectivity index (χ2v) is 5.25. The molecule has 0 spiro atoms. The molecule has 0 aliphatic heterocycles. The Morgan fingerprint density at radius 3 is 2.64 bits per heavy atom. The molecule has 1 aromatic heterocycles. The van der Waals surface area contributed by atoms with Crippen molar-refractivity contribution in [2.75, 3.05) is 0 Å². The molecule has 1 atom stereocenters. The van der Waals surface area contributed by atoms with Crippen LogP contribution in [0.5, 0.6) is 0 Å². The Balaban J connectivity index is 1.93. The van der Waals surface area contributed by atoms with Gasteiger partial charge in [-0.1, -0.05) is 49.3 Å². The van der Waals surface area contributed by atoms with Gasteiger partial charge in [0.05, 0.1) is 11.7 Å². The van der Waals surface area contributed by atoms with Crippen molar-refractivity contribution in [1.82, 2.24) is 10.5 Å². The van der Waals surface area contributed by atoms with Crippen LogP contribution in [0.3, 0.4) is 0 Å². The number of benzene rings is 1. The van der Waals surface area contributed by atoms with Gasteiger partial charge < -0.3 is 15.6 Å². The van der Waals surface area contributed by atoms with E-state index in [-0.39, 0.29) is 5.91 Å². The second kappa shape index (κ2) is 7.75. The molecule has 2 rings (SSSR count). The Labute approximate surface area is 130 Å². The summed E-state index contributed by atoms with van der Waals surface area (Å²) in [6.45, 7) is 4.44. The maximum Gasteiger partial charge on any atom is 0.237 e. The highest BCUT2D eigenvalue weighted by atomic mass is 16.5. The molecule has 5 nitrogen and oxygen atoms in total. The third-order valence-electron chi connectivity index (χ3n) is 3.68. The molecular weight excluding hydrogens is 278 g/mol. The summed E-state index contributed by atoms with van der Waals surface area (Å²) in [6.07, 6.45) is 2.07. The van der Waals surface area contributed by atoms with Crippen LogP contribution in [0.15, 0.2) is 34.9 Å². The highest BCUT2D eigenvalue weighted by Crippen LogP contribution is 2.15. The van der Waals surface area contributed by atoms with E-state index in [1.807, 2.05) is 44.2 Å². The van der Waals surface area contributed by atoms with Crippen LogP contribution in [0.25, 0.3) is 0 Å². The van der Waals surface area contributed by atoms with Crippen molar-refractivity contribution in [3.8, 4) is 0 Å². The first kappa shape index (κ1) is 16.2. The highest BCUT2D eigenvalue weighted by molar-refractivity contribution is 5.81. The molecule has 0 aliphatic carbocycles. The largest absolute Gasteiger partial charge is 0.361 e. The topological polar surface area (TPSA) is 81.2 Å². The fourth-order valence-electron chi connectivity index (χ4n) is 2.41. The van der Waals surface area contributed by atoms with E-state index < -0.39 is 6.04 Å². The summed E-state index contributed by atoms with van der Waals surface area (Å²) >= 11 is 0. The lowest BCUT2D eigenvalue weighted by Gasteiger charge is -2.12. The molecule has 0 radical (unpaired) electrons. The number of hydrogen-bond acceptors (Lipinski definition) is 4. The van der Waals surface area contributed by atoms with Crippen molar-refractivity contribution in [3.63, 3.8) is 0 Å². The quantitative estimate of drug-likeness (QED) is 0.819. The van der Waals surface area contributed by atoms with E-state index in [1.54, 1.807) is 0 Å². The first-order chi connectivity index (χ1) is 10.7. The van der Waals surface area contributed by atoms with Crippen LogP contribution in [0.4, 0.5) is 0 Å². The normalized spacial score (nSPS) is 12.1. The molecule has 5 heteroatoms. The van der Waals surface area contributed by atoms with Gasteiger partial charge in [0, 0.05) is 18.5 Å². The number of aromatic nitrogens is 1. The number of nitrogens with zero attached hydrogens (tertiary/aromatic N) is 1. The maximum atomic E-state index is 12.2. The van der Waals surface area contributed by atoms with Crippen molar-refractivity contribution in [1.29, 1.82) is 0 Å². The second-order valence-electron chi connectivity index (χ2n) is 5.25. The van der Waals surface area contributed by atoms with Crippen LogP contribution in [-0.2, 0) is 30.6 Å². The third-order valence-corrected chi connectivity index (χ3v) is 3.68. The zero-order chi connectivity index (χ0) is 15.9. The lowest BCUT2D eigenvalue weighted by Crippen LogP contribution is -2.41. The standard InChI is InChI=1S/C17H23N3O2/c1-3-15-13(16(4-2)22-20-15)11-19-17(21)14(18)10-12-8-6-5-7-9-12/h5-9,14H,3-4,10-11,18H2,1-2H3,(H,19,21)/t14-/m0/s1. The predicted octanol–water partition coefficient (Wildman–Crippen LogP) is 1.99. The lowest BCUT2D eigenvalue weighted by molar-refractivity contribution is -0.122. The van der Waals surface area contributed by atoms with Gasteiger partial charge in [-0.3, -0.25) is 4.79 Å². The number of carbonyl (C=O) groups is 1. The zero-order valence-corrected chi connectivity index (χ0v) is 13.1. The molecule has 1 heterocycles. The van der Waals surface area contributed by atoms with Gasteiger partial charge in [0.15, 0.2) is 0 Å². The number of rotatable bonds is 7. The summed E-state index contributed by atoms with van der Waals surface area (Å²) in [7, 11) is 0. The van der Waals surface area contributed by atoms with E-state index in [0.717, 1.165) is 35.4 Å². The van der Waals surface area contributed by atoms with Crippen LogP contribution in [-0.4, -0.2) is 17.1 Å². The van der Waals surface area contributed by atoms with Crippen molar-refractivity contribution >= 4 is 5.91 Å². The summed E-state index contributed by atoms with van der Waals surface area (Å²) in [5.41, 5.74) is 8.91. The van der Waals surface area contributed by atoms with Gasteiger partial charge in [-0.15, -0.1) is 0 Å². The number of amides is 1. The Morgan fingerprint density at radius 1 is 1.27 bits per heavy atom. The minimum atomic E-state index is -0.558. The van der Waals surface area contributed by atoms with Crippen LogP contribution in [0, 0.1) is 0 Å². The van der Waals surface area contributed by atoms with Gasteiger partial charge in [-0.2, -0.15) is 0 Å². The van der Waals surface area contributed by atoms with E-state index >= 15 is 0 Å². The minimum absolute atomic E-state index is 0.158. The Morgan fingerprint density at radius 2 is 2.00 bits per heavy atom. The Bertz CT molecular complexity index is 586. The molecule has 22 heavy (non-hydrogen) atoms. The number of hydrogen-bond donors (Lipinski definition) is 2. The SMILES string of the molecule is CCc1noc(CC)c1CNC(=O)[C@@H](N)Cc1ccccc1. The van der Waals surface area contributed by atoms with Gasteiger partial charge in [-0.25, -0.2) is 0 Å². The molecule has 0 saturated heterocycles. The number of nitrogens with two attached hydrogens (primary N) is 1. The van der Waals surface area contributed by atoms with Gasteiger partial charge in [-0.05, 0) is 18.4 Å². The first-order valence-electron chi connectivity index (χ1n) is 7.69. The molecule has 0 aliphatic rings. The molecule has 1 amide bonds. The number of carbonyl (C=O) groups excluding carboxylic acids is 1. The molecule has 0 bridgehead atoms. The van der Waals surface area contributed by atoms with E-state index in [1.165, 1.54) is 0 Å². The van der Waals surface area contributed by atoms with E-state index in [0.29, 0.717) is 13.0 Å². The minimum Gasteiger partial charge on any atom is -0.361 e. The molecule has 2 aromatic rings. The molecule has 0 fully saturated rings. The summed E-state index contributed by atoms with van der Waals surface area (Å²) in [6, 6.07) is 9.21. The van der Waals surface area contributed by atoms with Crippen molar-refractivity contribution in [3.05, 3.63) is 52.9 Å². The van der Waals surface area contributed by atoms with Gasteiger partial charge >= 0.3 is 0 Å². The molecule has 0 saturated carbocycles. The average Bonchev–Trinajstić information content (AvgIpc) is 2.95. The Hall–Kier alpha value is -2.14. The molecule has 0 unspecified atom stereocenters. The van der Waals surface area contributed by atoms with Crippen LogP contribution in [0.2, 0.25) is 0 Å². The van der Waals surface area contributed by atoms with Gasteiger partial charge in [0.25, 0.3) is 0 Å². The van der Waals surface area contributed by atoms with Crippen LogP contribution >= 0.6 is 0 Å². The summed E-state index contributed by atoms with van der Waals surface area (Å²) < 4.78 is 5.29. The van der Waals surface area contributed by atoms with E-state index in [4.69, 9.17) is 10.3 Å². The van der Waals surface area contributed by atoms with E-state index in [2.05, 4.69) is 10.5 Å².